The Hall–Kier alpha value is -1.31. The van der Waals surface area contributed by atoms with E-state index in [9.17, 15) is 4.79 Å². The van der Waals surface area contributed by atoms with E-state index in [1.807, 2.05) is 0 Å². The number of aryl methyl sites for hydroxylation is 2. The van der Waals surface area contributed by atoms with Crippen LogP contribution < -0.4 is 0 Å². The smallest absolute Gasteiger partial charge is 0.222 e. The molecule has 0 aliphatic carbocycles. The first-order chi connectivity index (χ1) is 8.75. The van der Waals surface area contributed by atoms with Crippen LogP contribution in [0.25, 0.3) is 0 Å². The molecule has 0 radical (unpaired) electrons. The molecule has 0 atom stereocenters. The van der Waals surface area contributed by atoms with Crippen molar-refractivity contribution in [3.05, 3.63) is 35.4 Å². The maximum atomic E-state index is 12.1. The van der Waals surface area contributed by atoms with E-state index in [1.165, 1.54) is 36.8 Å². The number of hydrogen-bond acceptors (Lipinski definition) is 1. The van der Waals surface area contributed by atoms with Crippen LogP contribution >= 0.6 is 0 Å². The van der Waals surface area contributed by atoms with Crippen LogP contribution in [0.3, 0.4) is 0 Å². The summed E-state index contributed by atoms with van der Waals surface area (Å²) in [5.74, 6) is 0.332. The maximum absolute atomic E-state index is 12.1. The summed E-state index contributed by atoms with van der Waals surface area (Å²) in [6, 6.07) is 8.46. The topological polar surface area (TPSA) is 20.3 Å². The summed E-state index contributed by atoms with van der Waals surface area (Å²) in [5.41, 5.74) is 2.55. The Morgan fingerprint density at radius 1 is 1.17 bits per heavy atom. The van der Waals surface area contributed by atoms with E-state index in [4.69, 9.17) is 0 Å². The minimum atomic E-state index is 0.332. The van der Waals surface area contributed by atoms with Gasteiger partial charge in [-0.2, -0.15) is 0 Å². The predicted molar refractivity (Wildman–Crippen MR) is 74.5 cm³/mol. The number of nitrogens with zero attached hydrogens (tertiary/aromatic N) is 1. The fourth-order valence-corrected chi connectivity index (χ4v) is 2.60. The van der Waals surface area contributed by atoms with E-state index >= 15 is 0 Å². The summed E-state index contributed by atoms with van der Waals surface area (Å²) in [6.07, 6.45) is 6.44. The highest BCUT2D eigenvalue weighted by molar-refractivity contribution is 5.76. The first-order valence-corrected chi connectivity index (χ1v) is 7.09. The van der Waals surface area contributed by atoms with Crippen molar-refractivity contribution in [1.82, 2.24) is 4.90 Å². The lowest BCUT2D eigenvalue weighted by Gasteiger charge is -2.20. The molecule has 0 spiro atoms. The molecule has 2 nitrogen and oxygen atoms in total. The minimum absolute atomic E-state index is 0.332. The highest BCUT2D eigenvalue weighted by Crippen LogP contribution is 2.12. The van der Waals surface area contributed by atoms with Crippen LogP contribution in [0.1, 0.15) is 43.2 Å². The zero-order chi connectivity index (χ0) is 12.8. The van der Waals surface area contributed by atoms with Gasteiger partial charge in [0.05, 0.1) is 0 Å². The maximum Gasteiger partial charge on any atom is 0.222 e. The summed E-state index contributed by atoms with van der Waals surface area (Å²) >= 11 is 0. The number of carbonyl (C=O) groups excluding carboxylic acids is 1. The number of hydrogen-bond donors (Lipinski definition) is 0. The highest BCUT2D eigenvalue weighted by Gasteiger charge is 2.14. The van der Waals surface area contributed by atoms with Crippen molar-refractivity contribution in [1.29, 1.82) is 0 Å². The van der Waals surface area contributed by atoms with Crippen molar-refractivity contribution in [3.8, 4) is 0 Å². The van der Waals surface area contributed by atoms with E-state index in [2.05, 4.69) is 36.1 Å². The Morgan fingerprint density at radius 3 is 2.56 bits per heavy atom. The van der Waals surface area contributed by atoms with Crippen molar-refractivity contribution >= 4 is 5.91 Å². The molecule has 2 rings (SSSR count). The molecule has 1 fully saturated rings. The fraction of sp³-hybridized carbons (Fsp3) is 0.562. The number of likely N-dealkylation sites (tertiary alicyclic amines) is 1. The minimum Gasteiger partial charge on any atom is -0.343 e. The molecular formula is C16H23NO. The van der Waals surface area contributed by atoms with E-state index in [0.717, 1.165) is 19.5 Å². The van der Waals surface area contributed by atoms with Gasteiger partial charge in [-0.3, -0.25) is 4.79 Å². The molecule has 98 valence electrons. The standard InChI is InChI=1S/C16H23NO/c1-14-7-6-8-15(13-14)9-10-16(18)17-11-4-2-3-5-12-17/h6-8,13H,2-5,9-12H2,1H3. The second-order valence-electron chi connectivity index (χ2n) is 5.28. The number of rotatable bonds is 3. The van der Waals surface area contributed by atoms with Gasteiger partial charge in [0.15, 0.2) is 0 Å². The van der Waals surface area contributed by atoms with Gasteiger partial charge in [-0.05, 0) is 31.7 Å². The molecule has 0 unspecified atom stereocenters. The van der Waals surface area contributed by atoms with Crippen molar-refractivity contribution < 1.29 is 4.79 Å². The van der Waals surface area contributed by atoms with Crippen molar-refractivity contribution in [2.24, 2.45) is 0 Å². The van der Waals surface area contributed by atoms with E-state index in [-0.39, 0.29) is 0 Å². The Morgan fingerprint density at radius 2 is 1.89 bits per heavy atom. The molecular weight excluding hydrogens is 222 g/mol. The molecule has 1 aromatic carbocycles. The average Bonchev–Trinajstić information content (AvgIpc) is 2.65. The summed E-state index contributed by atoms with van der Waals surface area (Å²) in [4.78, 5) is 14.2. The molecule has 1 saturated heterocycles. The Balaban J connectivity index is 1.83. The van der Waals surface area contributed by atoms with Gasteiger partial charge in [-0.25, -0.2) is 0 Å². The first kappa shape index (κ1) is 13.1. The third kappa shape index (κ3) is 3.86. The van der Waals surface area contributed by atoms with Crippen molar-refractivity contribution in [2.75, 3.05) is 13.1 Å². The molecule has 0 bridgehead atoms. The molecule has 18 heavy (non-hydrogen) atoms. The SMILES string of the molecule is Cc1cccc(CCC(=O)N2CCCCCC2)c1. The van der Waals surface area contributed by atoms with Gasteiger partial charge in [0, 0.05) is 19.5 Å². The van der Waals surface area contributed by atoms with Crippen molar-refractivity contribution in [2.45, 2.75) is 45.4 Å². The normalized spacial score (nSPS) is 16.4. The van der Waals surface area contributed by atoms with Gasteiger partial charge >= 0.3 is 0 Å². The Labute approximate surface area is 110 Å². The number of carbonyl (C=O) groups is 1. The van der Waals surface area contributed by atoms with Gasteiger partial charge in [-0.15, -0.1) is 0 Å². The number of benzene rings is 1. The van der Waals surface area contributed by atoms with Gasteiger partial charge in [0.1, 0.15) is 0 Å². The molecule has 1 aliphatic rings. The van der Waals surface area contributed by atoms with E-state index in [0.29, 0.717) is 12.3 Å². The second-order valence-corrected chi connectivity index (χ2v) is 5.28. The summed E-state index contributed by atoms with van der Waals surface area (Å²) in [5, 5.41) is 0. The van der Waals surface area contributed by atoms with Gasteiger partial charge in [0.2, 0.25) is 5.91 Å². The third-order valence-electron chi connectivity index (χ3n) is 3.67. The van der Waals surface area contributed by atoms with Crippen LogP contribution in [0.2, 0.25) is 0 Å². The second kappa shape index (κ2) is 6.58. The van der Waals surface area contributed by atoms with Crippen LogP contribution in [0.4, 0.5) is 0 Å². The van der Waals surface area contributed by atoms with Crippen LogP contribution in [0, 0.1) is 6.92 Å². The summed E-state index contributed by atoms with van der Waals surface area (Å²) in [7, 11) is 0. The molecule has 0 aromatic heterocycles. The van der Waals surface area contributed by atoms with Gasteiger partial charge in [-0.1, -0.05) is 42.7 Å². The monoisotopic (exact) mass is 245 g/mol. The zero-order valence-electron chi connectivity index (χ0n) is 11.3. The predicted octanol–water partition coefficient (Wildman–Crippen LogP) is 3.33. The molecule has 2 heteroatoms. The lowest BCUT2D eigenvalue weighted by Crippen LogP contribution is -2.31. The average molecular weight is 245 g/mol. The van der Waals surface area contributed by atoms with Gasteiger partial charge < -0.3 is 4.90 Å². The molecule has 0 saturated carbocycles. The summed E-state index contributed by atoms with van der Waals surface area (Å²) < 4.78 is 0. The van der Waals surface area contributed by atoms with E-state index < -0.39 is 0 Å². The van der Waals surface area contributed by atoms with Crippen LogP contribution in [0.15, 0.2) is 24.3 Å². The van der Waals surface area contributed by atoms with Gasteiger partial charge in [0.25, 0.3) is 0 Å². The molecule has 1 aromatic rings. The molecule has 1 amide bonds. The molecule has 0 N–H and O–H groups in total. The quantitative estimate of drug-likeness (QED) is 0.800. The highest BCUT2D eigenvalue weighted by atomic mass is 16.2. The Kier molecular flexibility index (Phi) is 4.80. The lowest BCUT2D eigenvalue weighted by molar-refractivity contribution is -0.131. The lowest BCUT2D eigenvalue weighted by atomic mass is 10.1. The third-order valence-corrected chi connectivity index (χ3v) is 3.67. The van der Waals surface area contributed by atoms with Crippen molar-refractivity contribution in [3.63, 3.8) is 0 Å². The fourth-order valence-electron chi connectivity index (χ4n) is 2.60. The first-order valence-electron chi connectivity index (χ1n) is 7.09. The Bertz CT molecular complexity index is 392. The van der Waals surface area contributed by atoms with Crippen LogP contribution in [0.5, 0.6) is 0 Å². The molecule has 1 heterocycles. The number of amides is 1. The zero-order valence-corrected chi connectivity index (χ0v) is 11.3. The van der Waals surface area contributed by atoms with Crippen LogP contribution in [-0.2, 0) is 11.2 Å². The van der Waals surface area contributed by atoms with E-state index in [1.54, 1.807) is 0 Å². The largest absolute Gasteiger partial charge is 0.343 e. The summed E-state index contributed by atoms with van der Waals surface area (Å²) in [6.45, 7) is 4.03. The molecule has 1 aliphatic heterocycles. The van der Waals surface area contributed by atoms with Crippen LogP contribution in [-0.4, -0.2) is 23.9 Å².